The summed E-state index contributed by atoms with van der Waals surface area (Å²) >= 11 is 0. The fraction of sp³-hybridized carbons (Fsp3) is 0.480. The molecule has 0 amide bonds. The summed E-state index contributed by atoms with van der Waals surface area (Å²) in [6.07, 6.45) is -0.0490. The van der Waals surface area contributed by atoms with Crippen LogP contribution in [0.2, 0.25) is 5.04 Å². The molecule has 4 nitrogen and oxygen atoms in total. The summed E-state index contributed by atoms with van der Waals surface area (Å²) in [4.78, 5) is 11.6. The maximum absolute atomic E-state index is 11.6. The van der Waals surface area contributed by atoms with Gasteiger partial charge in [0.2, 0.25) is 0 Å². The molecule has 2 aromatic carbocycles. The van der Waals surface area contributed by atoms with Gasteiger partial charge in [0.25, 0.3) is 8.32 Å². The third-order valence-corrected chi connectivity index (χ3v) is 10.8. The molecule has 5 heteroatoms. The third-order valence-electron chi connectivity index (χ3n) is 5.84. The molecule has 0 aliphatic carbocycles. The molecule has 1 unspecified atom stereocenters. The molecule has 30 heavy (non-hydrogen) atoms. The summed E-state index contributed by atoms with van der Waals surface area (Å²) in [5.41, 5.74) is 0. The lowest BCUT2D eigenvalue weighted by Gasteiger charge is -2.44. The monoisotopic (exact) mass is 426 g/mol. The van der Waals surface area contributed by atoms with Crippen molar-refractivity contribution >= 4 is 25.0 Å². The highest BCUT2D eigenvalue weighted by atomic mass is 28.4. The van der Waals surface area contributed by atoms with Crippen molar-refractivity contribution in [3.8, 4) is 0 Å². The molecule has 0 spiro atoms. The van der Waals surface area contributed by atoms with Gasteiger partial charge in [0.05, 0.1) is 6.10 Å². The Morgan fingerprint density at radius 2 is 1.50 bits per heavy atom. The fourth-order valence-corrected chi connectivity index (χ4v) is 9.14. The molecular weight excluding hydrogens is 392 g/mol. The van der Waals surface area contributed by atoms with E-state index in [2.05, 4.69) is 76.2 Å². The van der Waals surface area contributed by atoms with E-state index in [9.17, 15) is 4.79 Å². The van der Waals surface area contributed by atoms with Crippen molar-refractivity contribution in [1.82, 2.24) is 0 Å². The third kappa shape index (κ3) is 4.44. The lowest BCUT2D eigenvalue weighted by Crippen LogP contribution is -2.67. The molecule has 0 aromatic heterocycles. The van der Waals surface area contributed by atoms with Crippen LogP contribution in [0.15, 0.2) is 60.7 Å². The van der Waals surface area contributed by atoms with E-state index in [4.69, 9.17) is 13.9 Å². The van der Waals surface area contributed by atoms with Crippen LogP contribution >= 0.6 is 0 Å². The first-order chi connectivity index (χ1) is 14.1. The highest BCUT2D eigenvalue weighted by Gasteiger charge is 2.51. The second-order valence-corrected chi connectivity index (χ2v) is 14.0. The summed E-state index contributed by atoms with van der Waals surface area (Å²) in [7, 11) is -2.62. The zero-order chi connectivity index (χ0) is 22.0. The Balaban J connectivity index is 1.97. The van der Waals surface area contributed by atoms with Crippen molar-refractivity contribution in [3.63, 3.8) is 0 Å². The summed E-state index contributed by atoms with van der Waals surface area (Å²) in [6.45, 7) is 13.0. The Morgan fingerprint density at radius 3 is 1.93 bits per heavy atom. The summed E-state index contributed by atoms with van der Waals surface area (Å²) in [6, 6.07) is 21.1. The van der Waals surface area contributed by atoms with E-state index in [1.54, 1.807) is 0 Å². The van der Waals surface area contributed by atoms with Gasteiger partial charge in [-0.25, -0.2) is 0 Å². The Labute approximate surface area is 181 Å². The summed E-state index contributed by atoms with van der Waals surface area (Å²) in [5, 5.41) is 2.39. The molecule has 1 fully saturated rings. The molecule has 1 heterocycles. The van der Waals surface area contributed by atoms with Crippen molar-refractivity contribution in [2.24, 2.45) is 5.92 Å². The first-order valence-electron chi connectivity index (χ1n) is 10.7. The van der Waals surface area contributed by atoms with Gasteiger partial charge in [0.1, 0.15) is 6.10 Å². The van der Waals surface area contributed by atoms with Crippen molar-refractivity contribution in [2.75, 3.05) is 6.61 Å². The van der Waals surface area contributed by atoms with Gasteiger partial charge in [0.15, 0.2) is 12.1 Å². The summed E-state index contributed by atoms with van der Waals surface area (Å²) in [5.74, 6) is -0.759. The highest BCUT2D eigenvalue weighted by Crippen LogP contribution is 2.38. The van der Waals surface area contributed by atoms with Crippen LogP contribution in [0.5, 0.6) is 0 Å². The number of carbonyl (C=O) groups is 1. The predicted molar refractivity (Wildman–Crippen MR) is 123 cm³/mol. The van der Waals surface area contributed by atoms with Gasteiger partial charge in [-0.05, 0) is 29.3 Å². The predicted octanol–water partition coefficient (Wildman–Crippen LogP) is 3.92. The van der Waals surface area contributed by atoms with E-state index < -0.39 is 20.2 Å². The average molecular weight is 427 g/mol. The van der Waals surface area contributed by atoms with Gasteiger partial charge in [-0.3, -0.25) is 0 Å². The van der Waals surface area contributed by atoms with E-state index in [0.717, 1.165) is 6.29 Å². The van der Waals surface area contributed by atoms with Crippen molar-refractivity contribution in [1.29, 1.82) is 0 Å². The minimum Gasteiger partial charge on any atom is -0.407 e. The SMILES string of the molecule is C[C@@H](CO[Si](c1ccccc1)(c1ccccc1)C(C)(C)C)C1OC(C)(C)O[C@@H]1C=O. The molecule has 3 atom stereocenters. The number of hydrogen-bond acceptors (Lipinski definition) is 4. The van der Waals surface area contributed by atoms with E-state index in [0.29, 0.717) is 6.61 Å². The first-order valence-corrected chi connectivity index (χ1v) is 12.6. The number of aldehydes is 1. The standard InChI is InChI=1S/C25H34O4Si/c1-19(23-22(17-26)28-25(5,6)29-23)18-27-30(24(2,3)4,20-13-9-7-10-14-20)21-15-11-8-12-16-21/h7-17,19,22-23H,18H2,1-6H3/t19-,22+,23?/m0/s1. The van der Waals surface area contributed by atoms with E-state index >= 15 is 0 Å². The van der Waals surface area contributed by atoms with E-state index in [-0.39, 0.29) is 17.1 Å². The largest absolute Gasteiger partial charge is 0.407 e. The number of ether oxygens (including phenoxy) is 2. The lowest BCUT2D eigenvalue weighted by atomic mass is 10.0. The number of benzene rings is 2. The molecule has 0 radical (unpaired) electrons. The van der Waals surface area contributed by atoms with Crippen LogP contribution in [0.25, 0.3) is 0 Å². The van der Waals surface area contributed by atoms with E-state index in [1.807, 2.05) is 26.0 Å². The Bertz CT molecular complexity index is 790. The minimum atomic E-state index is -2.62. The zero-order valence-corrected chi connectivity index (χ0v) is 19.9. The lowest BCUT2D eigenvalue weighted by molar-refractivity contribution is -0.153. The maximum atomic E-state index is 11.6. The fourth-order valence-electron chi connectivity index (χ4n) is 4.48. The quantitative estimate of drug-likeness (QED) is 0.497. The van der Waals surface area contributed by atoms with Crippen LogP contribution in [0, 0.1) is 5.92 Å². The van der Waals surface area contributed by atoms with Crippen molar-refractivity contribution in [3.05, 3.63) is 60.7 Å². The normalized spacial score (nSPS) is 22.6. The van der Waals surface area contributed by atoms with Crippen LogP contribution in [0.3, 0.4) is 0 Å². The molecular formula is C25H34O4Si. The Kier molecular flexibility index (Phi) is 6.68. The average Bonchev–Trinajstić information content (AvgIpc) is 3.04. The first kappa shape index (κ1) is 22.9. The van der Waals surface area contributed by atoms with Crippen LogP contribution < -0.4 is 10.4 Å². The van der Waals surface area contributed by atoms with Crippen LogP contribution in [0.4, 0.5) is 0 Å². The molecule has 162 valence electrons. The molecule has 0 N–H and O–H groups in total. The highest BCUT2D eigenvalue weighted by molar-refractivity contribution is 6.99. The molecule has 0 saturated carbocycles. The van der Waals surface area contributed by atoms with Gasteiger partial charge in [-0.1, -0.05) is 88.4 Å². The molecule has 1 aliphatic heterocycles. The van der Waals surface area contributed by atoms with E-state index in [1.165, 1.54) is 10.4 Å². The molecule has 2 aromatic rings. The molecule has 0 bridgehead atoms. The molecule has 1 saturated heterocycles. The van der Waals surface area contributed by atoms with Gasteiger partial charge >= 0.3 is 0 Å². The Morgan fingerprint density at radius 1 is 1.00 bits per heavy atom. The number of carbonyl (C=O) groups excluding carboxylic acids is 1. The summed E-state index contributed by atoms with van der Waals surface area (Å²) < 4.78 is 18.8. The van der Waals surface area contributed by atoms with Gasteiger partial charge < -0.3 is 18.7 Å². The van der Waals surface area contributed by atoms with Crippen molar-refractivity contribution in [2.45, 2.75) is 64.6 Å². The van der Waals surface area contributed by atoms with Crippen LogP contribution in [-0.2, 0) is 18.7 Å². The molecule has 3 rings (SSSR count). The second-order valence-electron chi connectivity index (χ2n) is 9.65. The Hall–Kier alpha value is -1.79. The van der Waals surface area contributed by atoms with Crippen molar-refractivity contribution < 1.29 is 18.7 Å². The van der Waals surface area contributed by atoms with Crippen LogP contribution in [0.1, 0.15) is 41.5 Å². The maximum Gasteiger partial charge on any atom is 0.261 e. The topological polar surface area (TPSA) is 44.8 Å². The van der Waals surface area contributed by atoms with Gasteiger partial charge in [-0.2, -0.15) is 0 Å². The second kappa shape index (κ2) is 8.75. The smallest absolute Gasteiger partial charge is 0.261 e. The van der Waals surface area contributed by atoms with Gasteiger partial charge in [-0.15, -0.1) is 0 Å². The molecule has 1 aliphatic rings. The number of hydrogen-bond donors (Lipinski definition) is 0. The number of rotatable bonds is 7. The van der Waals surface area contributed by atoms with Crippen LogP contribution in [-0.4, -0.2) is 39.2 Å². The minimum absolute atomic E-state index is 0.00336. The zero-order valence-electron chi connectivity index (χ0n) is 18.9. The van der Waals surface area contributed by atoms with Gasteiger partial charge in [0, 0.05) is 12.5 Å².